The molecular formula is C16H15F3N2O3. The molecule has 0 fully saturated rings. The van der Waals surface area contributed by atoms with Gasteiger partial charge in [-0.25, -0.2) is 4.68 Å². The van der Waals surface area contributed by atoms with Crippen molar-refractivity contribution in [3.05, 3.63) is 46.4 Å². The van der Waals surface area contributed by atoms with Gasteiger partial charge in [-0.1, -0.05) is 6.58 Å². The second-order valence-electron chi connectivity index (χ2n) is 5.15. The van der Waals surface area contributed by atoms with E-state index < -0.39 is 29.8 Å². The summed E-state index contributed by atoms with van der Waals surface area (Å²) in [5.74, 6) is -0.661. The summed E-state index contributed by atoms with van der Waals surface area (Å²) in [6.07, 6.45) is -4.54. The number of ether oxygens (including phenoxy) is 1. The Hall–Kier alpha value is -2.64. The molecule has 0 bridgehead atoms. The fourth-order valence-corrected chi connectivity index (χ4v) is 2.21. The third kappa shape index (κ3) is 3.47. The Labute approximate surface area is 135 Å². The van der Waals surface area contributed by atoms with Crippen molar-refractivity contribution in [1.82, 2.24) is 9.78 Å². The first-order chi connectivity index (χ1) is 11.1. The molecule has 0 saturated carbocycles. The Morgan fingerprint density at radius 2 is 2.00 bits per heavy atom. The van der Waals surface area contributed by atoms with Crippen molar-refractivity contribution in [3.63, 3.8) is 0 Å². The second-order valence-corrected chi connectivity index (χ2v) is 5.15. The molecule has 1 aromatic heterocycles. The van der Waals surface area contributed by atoms with E-state index in [4.69, 9.17) is 4.74 Å². The van der Waals surface area contributed by atoms with E-state index in [9.17, 15) is 22.8 Å². The van der Waals surface area contributed by atoms with E-state index in [1.165, 1.54) is 0 Å². The van der Waals surface area contributed by atoms with Crippen molar-refractivity contribution in [3.8, 4) is 0 Å². The Balaban J connectivity index is 2.70. The number of esters is 1. The van der Waals surface area contributed by atoms with Crippen LogP contribution in [0.25, 0.3) is 16.3 Å². The van der Waals surface area contributed by atoms with Crippen LogP contribution in [0.2, 0.25) is 0 Å². The van der Waals surface area contributed by atoms with E-state index in [2.05, 4.69) is 11.7 Å². The SMILES string of the molecule is C=C(C)c1nn(CC(=O)OCC)c(=O)c2ccc(C(F)(F)F)cc12. The van der Waals surface area contributed by atoms with Crippen LogP contribution in [-0.2, 0) is 22.3 Å². The summed E-state index contributed by atoms with van der Waals surface area (Å²) in [7, 11) is 0. The summed E-state index contributed by atoms with van der Waals surface area (Å²) in [4.78, 5) is 24.0. The number of aromatic nitrogens is 2. The van der Waals surface area contributed by atoms with Gasteiger partial charge in [0.15, 0.2) is 0 Å². The lowest BCUT2D eigenvalue weighted by Gasteiger charge is -2.13. The lowest BCUT2D eigenvalue weighted by Crippen LogP contribution is -2.29. The maximum atomic E-state index is 12.9. The first kappa shape index (κ1) is 17.7. The van der Waals surface area contributed by atoms with E-state index >= 15 is 0 Å². The molecule has 0 aliphatic carbocycles. The maximum absolute atomic E-state index is 12.9. The number of carbonyl (C=O) groups is 1. The van der Waals surface area contributed by atoms with Crippen molar-refractivity contribution in [2.75, 3.05) is 6.61 Å². The van der Waals surface area contributed by atoms with Crippen LogP contribution in [0.4, 0.5) is 13.2 Å². The Morgan fingerprint density at radius 3 is 2.54 bits per heavy atom. The van der Waals surface area contributed by atoms with Crippen LogP contribution < -0.4 is 5.56 Å². The van der Waals surface area contributed by atoms with Gasteiger partial charge >= 0.3 is 12.1 Å². The summed E-state index contributed by atoms with van der Waals surface area (Å²) >= 11 is 0. The average molecular weight is 340 g/mol. The standard InChI is InChI=1S/C16H15F3N2O3/c1-4-24-13(22)8-21-15(23)11-6-5-10(16(17,18)19)7-12(11)14(20-21)9(2)3/h5-7H,2,4,8H2,1,3H3. The number of allylic oxidation sites excluding steroid dienone is 1. The van der Waals surface area contributed by atoms with Crippen LogP contribution in [0.5, 0.6) is 0 Å². The topological polar surface area (TPSA) is 61.2 Å². The van der Waals surface area contributed by atoms with Crippen molar-refractivity contribution in [2.45, 2.75) is 26.6 Å². The Bertz CT molecular complexity index is 869. The molecule has 0 radical (unpaired) electrons. The van der Waals surface area contributed by atoms with Crippen molar-refractivity contribution >= 4 is 22.3 Å². The molecule has 8 heteroatoms. The molecule has 0 aliphatic rings. The van der Waals surface area contributed by atoms with Crippen LogP contribution >= 0.6 is 0 Å². The van der Waals surface area contributed by atoms with E-state index in [1.54, 1.807) is 13.8 Å². The summed E-state index contributed by atoms with van der Waals surface area (Å²) in [6.45, 7) is 6.57. The highest BCUT2D eigenvalue weighted by Crippen LogP contribution is 2.32. The third-order valence-corrected chi connectivity index (χ3v) is 3.28. The van der Waals surface area contributed by atoms with Gasteiger partial charge in [0.1, 0.15) is 6.54 Å². The molecule has 0 amide bonds. The first-order valence-corrected chi connectivity index (χ1v) is 7.08. The molecule has 1 aromatic carbocycles. The van der Waals surface area contributed by atoms with Gasteiger partial charge in [-0.3, -0.25) is 9.59 Å². The number of hydrogen-bond donors (Lipinski definition) is 0. The molecule has 0 aliphatic heterocycles. The van der Waals surface area contributed by atoms with E-state index in [0.29, 0.717) is 5.57 Å². The van der Waals surface area contributed by atoms with Gasteiger partial charge in [-0.05, 0) is 37.6 Å². The zero-order valence-corrected chi connectivity index (χ0v) is 13.1. The van der Waals surface area contributed by atoms with Crippen LogP contribution in [0, 0.1) is 0 Å². The quantitative estimate of drug-likeness (QED) is 0.803. The number of fused-ring (bicyclic) bond motifs is 1. The molecule has 0 spiro atoms. The number of nitrogens with zero attached hydrogens (tertiary/aromatic N) is 2. The van der Waals surface area contributed by atoms with Crippen LogP contribution in [0.1, 0.15) is 25.1 Å². The summed E-state index contributed by atoms with van der Waals surface area (Å²) in [5, 5.41) is 4.05. The molecule has 0 atom stereocenters. The minimum atomic E-state index is -4.54. The molecule has 0 unspecified atom stereocenters. The smallest absolute Gasteiger partial charge is 0.416 e. The number of carbonyl (C=O) groups excluding carboxylic acids is 1. The average Bonchev–Trinajstić information content (AvgIpc) is 2.48. The monoisotopic (exact) mass is 340 g/mol. The molecule has 2 rings (SSSR count). The number of halogens is 3. The fourth-order valence-electron chi connectivity index (χ4n) is 2.21. The molecule has 1 heterocycles. The lowest BCUT2D eigenvalue weighted by atomic mass is 10.0. The van der Waals surface area contributed by atoms with Gasteiger partial charge in [0, 0.05) is 5.39 Å². The summed E-state index contributed by atoms with van der Waals surface area (Å²) < 4.78 is 44.3. The number of alkyl halides is 3. The largest absolute Gasteiger partial charge is 0.465 e. The summed E-state index contributed by atoms with van der Waals surface area (Å²) in [5.41, 5.74) is -1.06. The molecule has 5 nitrogen and oxygen atoms in total. The summed E-state index contributed by atoms with van der Waals surface area (Å²) in [6, 6.07) is 2.76. The Kier molecular flexibility index (Phi) is 4.77. The molecule has 128 valence electrons. The van der Waals surface area contributed by atoms with Gasteiger partial charge in [-0.15, -0.1) is 0 Å². The third-order valence-electron chi connectivity index (χ3n) is 3.28. The van der Waals surface area contributed by atoms with Gasteiger partial charge in [0.2, 0.25) is 0 Å². The van der Waals surface area contributed by atoms with E-state index in [-0.39, 0.29) is 23.1 Å². The predicted octanol–water partition coefficient (Wildman–Crippen LogP) is 3.01. The molecular weight excluding hydrogens is 325 g/mol. The van der Waals surface area contributed by atoms with Gasteiger partial charge in [-0.2, -0.15) is 18.3 Å². The molecule has 2 aromatic rings. The van der Waals surface area contributed by atoms with Crippen LogP contribution in [-0.4, -0.2) is 22.4 Å². The number of rotatable bonds is 4. The second kappa shape index (κ2) is 6.46. The highest BCUT2D eigenvalue weighted by molar-refractivity contribution is 5.91. The van der Waals surface area contributed by atoms with Crippen molar-refractivity contribution in [2.24, 2.45) is 0 Å². The molecule has 24 heavy (non-hydrogen) atoms. The zero-order valence-electron chi connectivity index (χ0n) is 13.1. The molecule has 0 N–H and O–H groups in total. The molecule has 0 saturated heterocycles. The van der Waals surface area contributed by atoms with Gasteiger partial charge < -0.3 is 4.74 Å². The zero-order chi connectivity index (χ0) is 18.1. The number of hydrogen-bond acceptors (Lipinski definition) is 4. The fraction of sp³-hybridized carbons (Fsp3) is 0.312. The van der Waals surface area contributed by atoms with E-state index in [1.807, 2.05) is 0 Å². The maximum Gasteiger partial charge on any atom is 0.416 e. The minimum Gasteiger partial charge on any atom is -0.465 e. The van der Waals surface area contributed by atoms with Crippen LogP contribution in [0.3, 0.4) is 0 Å². The first-order valence-electron chi connectivity index (χ1n) is 7.08. The van der Waals surface area contributed by atoms with Crippen LogP contribution in [0.15, 0.2) is 29.6 Å². The normalized spacial score (nSPS) is 11.5. The van der Waals surface area contributed by atoms with Crippen molar-refractivity contribution in [1.29, 1.82) is 0 Å². The highest BCUT2D eigenvalue weighted by Gasteiger charge is 2.31. The number of benzene rings is 1. The van der Waals surface area contributed by atoms with Crippen molar-refractivity contribution < 1.29 is 22.7 Å². The van der Waals surface area contributed by atoms with Gasteiger partial charge in [0.25, 0.3) is 5.56 Å². The van der Waals surface area contributed by atoms with E-state index in [0.717, 1.165) is 22.9 Å². The Morgan fingerprint density at radius 1 is 1.33 bits per heavy atom. The minimum absolute atomic E-state index is 0.0281. The predicted molar refractivity (Wildman–Crippen MR) is 82.3 cm³/mol. The van der Waals surface area contributed by atoms with Gasteiger partial charge in [0.05, 0.1) is 23.3 Å². The lowest BCUT2D eigenvalue weighted by molar-refractivity contribution is -0.144. The highest BCUT2D eigenvalue weighted by atomic mass is 19.4.